The van der Waals surface area contributed by atoms with Crippen molar-refractivity contribution in [2.24, 2.45) is 0 Å². The van der Waals surface area contributed by atoms with Crippen LogP contribution in [0.15, 0.2) is 36.7 Å². The maximum Gasteiger partial charge on any atom is 0.268 e. The van der Waals surface area contributed by atoms with Crippen LogP contribution in [0.5, 0.6) is 11.5 Å². The van der Waals surface area contributed by atoms with E-state index < -0.39 is 0 Å². The van der Waals surface area contributed by atoms with E-state index in [-0.39, 0.29) is 37.1 Å². The van der Waals surface area contributed by atoms with Crippen molar-refractivity contribution < 1.29 is 23.9 Å². The van der Waals surface area contributed by atoms with E-state index in [1.165, 1.54) is 23.6 Å². The van der Waals surface area contributed by atoms with E-state index in [2.05, 4.69) is 0 Å². The van der Waals surface area contributed by atoms with Gasteiger partial charge in [-0.1, -0.05) is 0 Å². The average Bonchev–Trinajstić information content (AvgIpc) is 3.07. The number of hydrogen-bond donors (Lipinski definition) is 0. The van der Waals surface area contributed by atoms with Crippen LogP contribution in [-0.2, 0) is 0 Å². The van der Waals surface area contributed by atoms with Gasteiger partial charge in [-0.05, 0) is 31.2 Å². The summed E-state index contributed by atoms with van der Waals surface area (Å²) in [6.07, 6.45) is 3.50. The number of fused-ring (bicyclic) bond motifs is 1. The molecule has 118 valence electrons. The van der Waals surface area contributed by atoms with Crippen LogP contribution in [0.4, 0.5) is 0 Å². The van der Waals surface area contributed by atoms with Crippen LogP contribution < -0.4 is 9.47 Å². The van der Waals surface area contributed by atoms with Gasteiger partial charge < -0.3 is 9.47 Å². The van der Waals surface area contributed by atoms with E-state index in [0.29, 0.717) is 22.6 Å². The van der Waals surface area contributed by atoms with Gasteiger partial charge in [0.2, 0.25) is 0 Å². The molecule has 0 atom stereocenters. The fourth-order valence-corrected chi connectivity index (χ4v) is 2.41. The van der Waals surface area contributed by atoms with Crippen LogP contribution in [0.1, 0.15) is 38.9 Å². The third kappa shape index (κ3) is 3.01. The van der Waals surface area contributed by atoms with Crippen molar-refractivity contribution in [1.29, 1.82) is 0 Å². The lowest BCUT2D eigenvalue weighted by Crippen LogP contribution is -2.20. The molecule has 0 saturated carbocycles. The first-order chi connectivity index (χ1) is 11.1. The first-order valence-electron chi connectivity index (χ1n) is 7.20. The summed E-state index contributed by atoms with van der Waals surface area (Å²) in [5.41, 5.74) is 0.617. The Morgan fingerprint density at radius 1 is 1.26 bits per heavy atom. The fourth-order valence-electron chi connectivity index (χ4n) is 2.41. The summed E-state index contributed by atoms with van der Waals surface area (Å²) < 4.78 is 12.3. The number of ether oxygens (including phenoxy) is 2. The van der Waals surface area contributed by atoms with Crippen molar-refractivity contribution in [3.8, 4) is 11.5 Å². The molecule has 0 N–H and O–H groups in total. The van der Waals surface area contributed by atoms with Crippen LogP contribution in [-0.4, -0.2) is 35.3 Å². The molecule has 0 aliphatic carbocycles. The molecule has 0 radical (unpaired) electrons. The summed E-state index contributed by atoms with van der Waals surface area (Å²) in [5, 5.41) is 0. The third-order valence-electron chi connectivity index (χ3n) is 3.57. The lowest BCUT2D eigenvalue weighted by molar-refractivity contribution is 0.0838. The molecule has 0 amide bonds. The van der Waals surface area contributed by atoms with Crippen molar-refractivity contribution in [3.63, 3.8) is 0 Å². The number of carbonyl (C=O) groups excluding carboxylic acids is 3. The van der Waals surface area contributed by atoms with Gasteiger partial charge in [0.1, 0.15) is 11.5 Å². The quantitative estimate of drug-likeness (QED) is 0.810. The Balaban J connectivity index is 1.86. The van der Waals surface area contributed by atoms with Crippen molar-refractivity contribution in [1.82, 2.24) is 4.57 Å². The Morgan fingerprint density at radius 3 is 2.70 bits per heavy atom. The molecule has 2 heterocycles. The number of nitrogens with zero attached hydrogens (tertiary/aromatic N) is 1. The summed E-state index contributed by atoms with van der Waals surface area (Å²) in [6, 6.07) is 6.50. The number of Topliss-reactive ketones (excluding diaryl/α,β-unsaturated/α-hetero) is 2. The van der Waals surface area contributed by atoms with Crippen molar-refractivity contribution in [3.05, 3.63) is 47.8 Å². The number of carbonyl (C=O) groups is 3. The molecule has 1 aromatic heterocycles. The molecule has 3 rings (SSSR count). The fraction of sp³-hybridized carbons (Fsp3) is 0.235. The standard InChI is InChI=1S/C17H15NO5/c1-11(19)13-8-12(9-14-15(20)4-7-22-17(13)14)23-10-16(21)18-5-2-3-6-18/h2-3,5-6,8-9H,4,7,10H2,1H3. The van der Waals surface area contributed by atoms with Gasteiger partial charge in [0.15, 0.2) is 18.2 Å². The maximum atomic E-state index is 12.0. The summed E-state index contributed by atoms with van der Waals surface area (Å²) >= 11 is 0. The number of rotatable bonds is 4. The second-order valence-corrected chi connectivity index (χ2v) is 5.20. The topological polar surface area (TPSA) is 74.6 Å². The Morgan fingerprint density at radius 2 is 2.00 bits per heavy atom. The third-order valence-corrected chi connectivity index (χ3v) is 3.57. The molecule has 1 aliphatic rings. The highest BCUT2D eigenvalue weighted by Crippen LogP contribution is 2.33. The molecule has 23 heavy (non-hydrogen) atoms. The van der Waals surface area contributed by atoms with Crippen LogP contribution in [0.2, 0.25) is 0 Å². The van der Waals surface area contributed by atoms with E-state index >= 15 is 0 Å². The summed E-state index contributed by atoms with van der Waals surface area (Å²) in [7, 11) is 0. The largest absolute Gasteiger partial charge is 0.492 e. The Labute approximate surface area is 132 Å². The van der Waals surface area contributed by atoms with Gasteiger partial charge in [-0.25, -0.2) is 0 Å². The minimum Gasteiger partial charge on any atom is -0.492 e. The molecule has 0 saturated heterocycles. The maximum absolute atomic E-state index is 12.0. The number of aromatic nitrogens is 1. The molecule has 6 nitrogen and oxygen atoms in total. The lowest BCUT2D eigenvalue weighted by atomic mass is 9.99. The van der Waals surface area contributed by atoms with Gasteiger partial charge in [0.05, 0.1) is 17.7 Å². The second-order valence-electron chi connectivity index (χ2n) is 5.20. The average molecular weight is 313 g/mol. The van der Waals surface area contributed by atoms with Crippen LogP contribution >= 0.6 is 0 Å². The van der Waals surface area contributed by atoms with Crippen LogP contribution in [0.25, 0.3) is 0 Å². The van der Waals surface area contributed by atoms with E-state index in [9.17, 15) is 14.4 Å². The molecule has 0 unspecified atom stereocenters. The molecule has 2 aromatic rings. The Kier molecular flexibility index (Phi) is 3.97. The van der Waals surface area contributed by atoms with E-state index in [0.717, 1.165) is 0 Å². The van der Waals surface area contributed by atoms with E-state index in [1.807, 2.05) is 0 Å². The van der Waals surface area contributed by atoms with Gasteiger partial charge in [0.25, 0.3) is 5.91 Å². The number of hydrogen-bond acceptors (Lipinski definition) is 5. The summed E-state index contributed by atoms with van der Waals surface area (Å²) in [6.45, 7) is 1.46. The Hall–Kier alpha value is -2.89. The summed E-state index contributed by atoms with van der Waals surface area (Å²) in [4.78, 5) is 35.7. The van der Waals surface area contributed by atoms with Gasteiger partial charge >= 0.3 is 0 Å². The predicted molar refractivity (Wildman–Crippen MR) is 81.4 cm³/mol. The van der Waals surface area contributed by atoms with Crippen molar-refractivity contribution in [2.45, 2.75) is 13.3 Å². The zero-order valence-electron chi connectivity index (χ0n) is 12.6. The number of benzene rings is 1. The molecule has 1 aliphatic heterocycles. The minimum absolute atomic E-state index is 0.101. The zero-order valence-corrected chi connectivity index (χ0v) is 12.6. The first-order valence-corrected chi connectivity index (χ1v) is 7.20. The van der Waals surface area contributed by atoms with Crippen molar-refractivity contribution >= 4 is 17.5 Å². The van der Waals surface area contributed by atoms with E-state index in [1.54, 1.807) is 24.5 Å². The van der Waals surface area contributed by atoms with Gasteiger partial charge in [-0.2, -0.15) is 0 Å². The smallest absolute Gasteiger partial charge is 0.268 e. The van der Waals surface area contributed by atoms with Crippen LogP contribution in [0, 0.1) is 0 Å². The molecule has 0 spiro atoms. The van der Waals surface area contributed by atoms with Gasteiger partial charge in [-0.15, -0.1) is 0 Å². The van der Waals surface area contributed by atoms with Gasteiger partial charge in [-0.3, -0.25) is 19.0 Å². The molecular formula is C17H15NO5. The van der Waals surface area contributed by atoms with E-state index in [4.69, 9.17) is 9.47 Å². The monoisotopic (exact) mass is 313 g/mol. The molecule has 6 heteroatoms. The minimum atomic E-state index is -0.250. The zero-order chi connectivity index (χ0) is 16.4. The van der Waals surface area contributed by atoms with Gasteiger partial charge in [0, 0.05) is 18.8 Å². The highest BCUT2D eigenvalue weighted by molar-refractivity contribution is 6.06. The molecule has 0 bridgehead atoms. The Bertz CT molecular complexity index is 759. The SMILES string of the molecule is CC(=O)c1cc(OCC(=O)n2cccc2)cc2c1OCCC2=O. The molecule has 0 fully saturated rings. The van der Waals surface area contributed by atoms with Crippen LogP contribution in [0.3, 0.4) is 0 Å². The van der Waals surface area contributed by atoms with Crippen molar-refractivity contribution in [2.75, 3.05) is 13.2 Å². The molecular weight excluding hydrogens is 298 g/mol. The normalized spacial score (nSPS) is 13.2. The predicted octanol–water partition coefficient (Wildman–Crippen LogP) is 2.38. The number of ketones is 2. The highest BCUT2D eigenvalue weighted by atomic mass is 16.5. The molecule has 1 aromatic carbocycles. The second kappa shape index (κ2) is 6.08. The first kappa shape index (κ1) is 15.0. The summed E-state index contributed by atoms with van der Waals surface area (Å²) in [5.74, 6) is 0.0277. The highest BCUT2D eigenvalue weighted by Gasteiger charge is 2.25. The lowest BCUT2D eigenvalue weighted by Gasteiger charge is -2.20.